The highest BCUT2D eigenvalue weighted by atomic mass is 16.5. The van der Waals surface area contributed by atoms with Crippen LogP contribution in [0.2, 0.25) is 0 Å². The van der Waals surface area contributed by atoms with Crippen LogP contribution in [0.5, 0.6) is 5.75 Å². The Morgan fingerprint density at radius 1 is 0.824 bits per heavy atom. The molecule has 0 bridgehead atoms. The van der Waals surface area contributed by atoms with Gasteiger partial charge in [0.2, 0.25) is 0 Å². The SMILES string of the molecule is COc1ccccc1C(=O)Nc1ccc(C(=O)N2c3ccccc3CNc3ccccc32)cc1. The minimum absolute atomic E-state index is 0.147. The summed E-state index contributed by atoms with van der Waals surface area (Å²) in [4.78, 5) is 28.2. The molecule has 6 nitrogen and oxygen atoms in total. The van der Waals surface area contributed by atoms with Crippen molar-refractivity contribution < 1.29 is 14.3 Å². The van der Waals surface area contributed by atoms with Gasteiger partial charge in [0.25, 0.3) is 11.8 Å². The Balaban J connectivity index is 1.43. The summed E-state index contributed by atoms with van der Waals surface area (Å²) < 4.78 is 5.27. The highest BCUT2D eigenvalue weighted by Gasteiger charge is 2.26. The first-order valence-corrected chi connectivity index (χ1v) is 11.0. The number of benzene rings is 4. The lowest BCUT2D eigenvalue weighted by molar-refractivity contribution is 0.0997. The average Bonchev–Trinajstić information content (AvgIpc) is 3.05. The van der Waals surface area contributed by atoms with Gasteiger partial charge in [0.05, 0.1) is 29.7 Å². The molecule has 2 amide bonds. The molecule has 0 unspecified atom stereocenters. The van der Waals surface area contributed by atoms with Crippen molar-refractivity contribution in [1.82, 2.24) is 0 Å². The second-order valence-electron chi connectivity index (χ2n) is 7.87. The zero-order valence-corrected chi connectivity index (χ0v) is 18.6. The van der Waals surface area contributed by atoms with E-state index >= 15 is 0 Å². The van der Waals surface area contributed by atoms with Gasteiger partial charge in [0, 0.05) is 17.8 Å². The fraction of sp³-hybridized carbons (Fsp3) is 0.0714. The lowest BCUT2D eigenvalue weighted by Gasteiger charge is -2.24. The number of fused-ring (bicyclic) bond motifs is 2. The summed E-state index contributed by atoms with van der Waals surface area (Å²) >= 11 is 0. The zero-order valence-electron chi connectivity index (χ0n) is 18.6. The zero-order chi connectivity index (χ0) is 23.5. The van der Waals surface area contributed by atoms with E-state index in [-0.39, 0.29) is 11.8 Å². The molecule has 34 heavy (non-hydrogen) atoms. The number of nitrogens with one attached hydrogen (secondary N) is 2. The maximum absolute atomic E-state index is 13.7. The number of para-hydroxylation sites is 4. The molecule has 0 fully saturated rings. The molecule has 0 aromatic heterocycles. The third-order valence-corrected chi connectivity index (χ3v) is 5.79. The van der Waals surface area contributed by atoms with E-state index in [9.17, 15) is 9.59 Å². The quantitative estimate of drug-likeness (QED) is 0.410. The molecule has 2 N–H and O–H groups in total. The number of rotatable bonds is 4. The molecule has 4 aromatic carbocycles. The van der Waals surface area contributed by atoms with Crippen LogP contribution in [0.4, 0.5) is 22.7 Å². The van der Waals surface area contributed by atoms with Crippen LogP contribution in [0.3, 0.4) is 0 Å². The van der Waals surface area contributed by atoms with Crippen LogP contribution in [0, 0.1) is 0 Å². The standard InChI is InChI=1S/C28H23N3O3/c1-34-26-13-7-3-9-22(26)27(32)30-21-16-14-19(15-17-21)28(33)31-24-11-5-2-8-20(24)18-29-23-10-4-6-12-25(23)31/h2-17,29H,18H2,1H3,(H,30,32). The molecular weight excluding hydrogens is 426 g/mol. The maximum Gasteiger partial charge on any atom is 0.262 e. The van der Waals surface area contributed by atoms with E-state index in [2.05, 4.69) is 10.6 Å². The highest BCUT2D eigenvalue weighted by molar-refractivity contribution is 6.13. The summed E-state index contributed by atoms with van der Waals surface area (Å²) in [6.45, 7) is 0.630. The first kappa shape index (κ1) is 21.3. The van der Waals surface area contributed by atoms with Gasteiger partial charge in [-0.25, -0.2) is 0 Å². The first-order chi connectivity index (χ1) is 16.7. The summed E-state index contributed by atoms with van der Waals surface area (Å²) in [6.07, 6.45) is 0. The Morgan fingerprint density at radius 2 is 1.50 bits per heavy atom. The van der Waals surface area contributed by atoms with Crippen LogP contribution in [-0.2, 0) is 6.54 Å². The molecular formula is C28H23N3O3. The van der Waals surface area contributed by atoms with Crippen LogP contribution >= 0.6 is 0 Å². The second kappa shape index (κ2) is 9.11. The molecule has 0 radical (unpaired) electrons. The molecule has 0 spiro atoms. The lowest BCUT2D eigenvalue weighted by atomic mass is 10.1. The number of hydrogen-bond acceptors (Lipinski definition) is 4. The minimum atomic E-state index is -0.280. The molecule has 0 saturated heterocycles. The van der Waals surface area contributed by atoms with Gasteiger partial charge in [-0.05, 0) is 60.2 Å². The number of carbonyl (C=O) groups excluding carboxylic acids is 2. The van der Waals surface area contributed by atoms with E-state index < -0.39 is 0 Å². The van der Waals surface area contributed by atoms with Crippen molar-refractivity contribution in [2.24, 2.45) is 0 Å². The molecule has 1 aliphatic rings. The minimum Gasteiger partial charge on any atom is -0.496 e. The fourth-order valence-electron chi connectivity index (χ4n) is 4.09. The number of amides is 2. The lowest BCUT2D eigenvalue weighted by Crippen LogP contribution is -2.26. The topological polar surface area (TPSA) is 70.7 Å². The third-order valence-electron chi connectivity index (χ3n) is 5.79. The van der Waals surface area contributed by atoms with Gasteiger partial charge in [-0.15, -0.1) is 0 Å². The predicted octanol–water partition coefficient (Wildman–Crippen LogP) is 5.85. The molecule has 0 aliphatic carbocycles. The van der Waals surface area contributed by atoms with Crippen molar-refractivity contribution in [3.05, 3.63) is 114 Å². The van der Waals surface area contributed by atoms with Crippen LogP contribution in [0.15, 0.2) is 97.1 Å². The van der Waals surface area contributed by atoms with Crippen LogP contribution < -0.4 is 20.3 Å². The Kier molecular flexibility index (Phi) is 5.70. The smallest absolute Gasteiger partial charge is 0.262 e. The van der Waals surface area contributed by atoms with Crippen molar-refractivity contribution in [2.45, 2.75) is 6.54 Å². The number of nitrogens with zero attached hydrogens (tertiary/aromatic N) is 1. The van der Waals surface area contributed by atoms with E-state index in [1.807, 2.05) is 54.6 Å². The van der Waals surface area contributed by atoms with Crippen molar-refractivity contribution in [3.63, 3.8) is 0 Å². The summed E-state index contributed by atoms with van der Waals surface area (Å²) in [6, 6.07) is 29.6. The Bertz CT molecular complexity index is 1320. The Labute approximate surface area is 197 Å². The van der Waals surface area contributed by atoms with Gasteiger partial charge >= 0.3 is 0 Å². The fourth-order valence-corrected chi connectivity index (χ4v) is 4.09. The molecule has 6 heteroatoms. The maximum atomic E-state index is 13.7. The van der Waals surface area contributed by atoms with Crippen LogP contribution in [0.1, 0.15) is 26.3 Å². The number of carbonyl (C=O) groups is 2. The largest absolute Gasteiger partial charge is 0.496 e. The summed E-state index contributed by atoms with van der Waals surface area (Å²) in [5.41, 5.74) is 5.12. The van der Waals surface area contributed by atoms with Crippen molar-refractivity contribution >= 4 is 34.6 Å². The van der Waals surface area contributed by atoms with Crippen molar-refractivity contribution in [3.8, 4) is 5.75 Å². The van der Waals surface area contributed by atoms with Gasteiger partial charge in [-0.3, -0.25) is 14.5 Å². The number of ether oxygens (including phenoxy) is 1. The van der Waals surface area contributed by atoms with Crippen molar-refractivity contribution in [1.29, 1.82) is 0 Å². The van der Waals surface area contributed by atoms with E-state index in [4.69, 9.17) is 4.74 Å². The molecule has 0 saturated carbocycles. The van der Waals surface area contributed by atoms with Gasteiger partial charge in [-0.1, -0.05) is 42.5 Å². The predicted molar refractivity (Wildman–Crippen MR) is 134 cm³/mol. The van der Waals surface area contributed by atoms with E-state index in [0.29, 0.717) is 29.1 Å². The number of methoxy groups -OCH3 is 1. The number of hydrogen-bond donors (Lipinski definition) is 2. The Hall–Kier alpha value is -4.58. The molecule has 1 heterocycles. The van der Waals surface area contributed by atoms with Crippen molar-refractivity contribution in [2.75, 3.05) is 22.6 Å². The first-order valence-electron chi connectivity index (χ1n) is 11.0. The molecule has 5 rings (SSSR count). The van der Waals surface area contributed by atoms with E-state index in [1.54, 1.807) is 47.4 Å². The summed E-state index contributed by atoms with van der Waals surface area (Å²) in [5.74, 6) is 0.0723. The normalized spacial score (nSPS) is 12.0. The van der Waals surface area contributed by atoms with Crippen LogP contribution in [0.25, 0.3) is 0 Å². The number of anilines is 4. The molecule has 168 valence electrons. The van der Waals surface area contributed by atoms with Gasteiger partial charge < -0.3 is 15.4 Å². The van der Waals surface area contributed by atoms with E-state index in [0.717, 1.165) is 22.6 Å². The summed E-state index contributed by atoms with van der Waals surface area (Å²) in [5, 5.41) is 6.29. The second-order valence-corrected chi connectivity index (χ2v) is 7.87. The summed E-state index contributed by atoms with van der Waals surface area (Å²) in [7, 11) is 1.53. The average molecular weight is 450 g/mol. The van der Waals surface area contributed by atoms with Gasteiger partial charge in [0.15, 0.2) is 0 Å². The molecule has 1 aliphatic heterocycles. The van der Waals surface area contributed by atoms with Gasteiger partial charge in [-0.2, -0.15) is 0 Å². The van der Waals surface area contributed by atoms with Gasteiger partial charge in [0.1, 0.15) is 5.75 Å². The van der Waals surface area contributed by atoms with Crippen LogP contribution in [-0.4, -0.2) is 18.9 Å². The highest BCUT2D eigenvalue weighted by Crippen LogP contribution is 2.38. The monoisotopic (exact) mass is 449 g/mol. The Morgan fingerprint density at radius 3 is 2.29 bits per heavy atom. The molecule has 4 aromatic rings. The molecule has 0 atom stereocenters. The third kappa shape index (κ3) is 3.97. The van der Waals surface area contributed by atoms with E-state index in [1.165, 1.54) is 7.11 Å².